The van der Waals surface area contributed by atoms with E-state index < -0.39 is 9.84 Å². The summed E-state index contributed by atoms with van der Waals surface area (Å²) in [4.78, 5) is 15.7. The van der Waals surface area contributed by atoms with E-state index in [9.17, 15) is 13.2 Å². The Hall–Kier alpha value is -0.620. The molecule has 104 valence electrons. The maximum absolute atomic E-state index is 12.0. The minimum Gasteiger partial charge on any atom is -0.344 e. The predicted octanol–water partition coefficient (Wildman–Crippen LogP) is -0.0263. The van der Waals surface area contributed by atoms with Crippen LogP contribution in [0.4, 0.5) is 0 Å². The Balaban J connectivity index is 1.80. The fourth-order valence-corrected chi connectivity index (χ4v) is 3.62. The highest BCUT2D eigenvalue weighted by Gasteiger charge is 2.31. The van der Waals surface area contributed by atoms with Crippen molar-refractivity contribution in [2.75, 3.05) is 39.0 Å². The van der Waals surface area contributed by atoms with Crippen molar-refractivity contribution in [1.82, 2.24) is 9.80 Å². The number of sulfone groups is 1. The summed E-state index contributed by atoms with van der Waals surface area (Å²) >= 11 is 0. The van der Waals surface area contributed by atoms with Gasteiger partial charge in [-0.2, -0.15) is 0 Å². The summed E-state index contributed by atoms with van der Waals surface area (Å²) in [6.07, 6.45) is 2.47. The molecule has 1 atom stereocenters. The van der Waals surface area contributed by atoms with Crippen LogP contribution in [0, 0.1) is 5.92 Å². The van der Waals surface area contributed by atoms with Crippen LogP contribution >= 0.6 is 0 Å². The van der Waals surface area contributed by atoms with E-state index in [4.69, 9.17) is 0 Å². The molecule has 0 aromatic carbocycles. The zero-order valence-electron chi connectivity index (χ0n) is 11.1. The van der Waals surface area contributed by atoms with Crippen LogP contribution in [0.1, 0.15) is 19.8 Å². The lowest BCUT2D eigenvalue weighted by atomic mass is 10.3. The van der Waals surface area contributed by atoms with E-state index in [1.807, 2.05) is 11.9 Å². The van der Waals surface area contributed by atoms with Gasteiger partial charge >= 0.3 is 0 Å². The smallest absolute Gasteiger partial charge is 0.236 e. The standard InChI is InChI=1S/C12H22N2O3S/c1-10-7-14(5-6-18(10,16)17)9-12(15)13(2)8-11-3-4-11/h10-11H,3-9H2,1-2H3. The van der Waals surface area contributed by atoms with Gasteiger partial charge in [-0.15, -0.1) is 0 Å². The van der Waals surface area contributed by atoms with Gasteiger partial charge in [0.15, 0.2) is 9.84 Å². The van der Waals surface area contributed by atoms with Crippen LogP contribution in [-0.4, -0.2) is 68.4 Å². The van der Waals surface area contributed by atoms with Gasteiger partial charge in [0.2, 0.25) is 5.91 Å². The molecule has 0 bridgehead atoms. The third-order valence-electron chi connectivity index (χ3n) is 3.83. The van der Waals surface area contributed by atoms with Crippen LogP contribution in [-0.2, 0) is 14.6 Å². The first-order chi connectivity index (χ1) is 8.38. The monoisotopic (exact) mass is 274 g/mol. The highest BCUT2D eigenvalue weighted by molar-refractivity contribution is 7.92. The molecule has 1 saturated carbocycles. The van der Waals surface area contributed by atoms with Crippen molar-refractivity contribution in [3.05, 3.63) is 0 Å². The molecule has 1 amide bonds. The van der Waals surface area contributed by atoms with Crippen molar-refractivity contribution in [1.29, 1.82) is 0 Å². The lowest BCUT2D eigenvalue weighted by Crippen LogP contribution is -2.49. The fourth-order valence-electron chi connectivity index (χ4n) is 2.27. The Morgan fingerprint density at radius 2 is 2.06 bits per heavy atom. The number of likely N-dealkylation sites (N-methyl/N-ethyl adjacent to an activating group) is 1. The minimum absolute atomic E-state index is 0.105. The second kappa shape index (κ2) is 5.17. The van der Waals surface area contributed by atoms with Gasteiger partial charge in [-0.1, -0.05) is 0 Å². The lowest BCUT2D eigenvalue weighted by molar-refractivity contribution is -0.131. The van der Waals surface area contributed by atoms with Crippen molar-refractivity contribution in [2.45, 2.75) is 25.0 Å². The van der Waals surface area contributed by atoms with Gasteiger partial charge < -0.3 is 4.90 Å². The van der Waals surface area contributed by atoms with Crippen LogP contribution < -0.4 is 0 Å². The number of rotatable bonds is 4. The van der Waals surface area contributed by atoms with E-state index in [-0.39, 0.29) is 16.9 Å². The molecule has 5 nitrogen and oxygen atoms in total. The molecule has 0 N–H and O–H groups in total. The van der Waals surface area contributed by atoms with Crippen molar-refractivity contribution in [3.8, 4) is 0 Å². The van der Waals surface area contributed by atoms with Crippen molar-refractivity contribution in [3.63, 3.8) is 0 Å². The second-order valence-electron chi connectivity index (χ2n) is 5.63. The number of carbonyl (C=O) groups excluding carboxylic acids is 1. The summed E-state index contributed by atoms with van der Waals surface area (Å²) in [5, 5.41) is -0.354. The second-order valence-corrected chi connectivity index (χ2v) is 8.17. The summed E-state index contributed by atoms with van der Waals surface area (Å²) in [5.41, 5.74) is 0. The fraction of sp³-hybridized carbons (Fsp3) is 0.917. The summed E-state index contributed by atoms with van der Waals surface area (Å²) < 4.78 is 23.2. The number of nitrogens with zero attached hydrogens (tertiary/aromatic N) is 2. The highest BCUT2D eigenvalue weighted by atomic mass is 32.2. The van der Waals surface area contributed by atoms with E-state index in [0.29, 0.717) is 25.6 Å². The van der Waals surface area contributed by atoms with Crippen LogP contribution in [0.3, 0.4) is 0 Å². The van der Waals surface area contributed by atoms with Crippen molar-refractivity contribution in [2.24, 2.45) is 5.92 Å². The van der Waals surface area contributed by atoms with Crippen molar-refractivity contribution < 1.29 is 13.2 Å². The van der Waals surface area contributed by atoms with E-state index in [2.05, 4.69) is 0 Å². The van der Waals surface area contributed by atoms with Gasteiger partial charge in [0, 0.05) is 26.7 Å². The number of amides is 1. The molecule has 2 rings (SSSR count). The number of hydrogen-bond donors (Lipinski definition) is 0. The zero-order valence-corrected chi connectivity index (χ0v) is 11.9. The van der Waals surface area contributed by atoms with Crippen LogP contribution in [0.25, 0.3) is 0 Å². The summed E-state index contributed by atoms with van der Waals surface area (Å²) in [5.74, 6) is 0.973. The predicted molar refractivity (Wildman–Crippen MR) is 70.0 cm³/mol. The highest BCUT2D eigenvalue weighted by Crippen LogP contribution is 2.29. The molecule has 0 aromatic rings. The summed E-state index contributed by atoms with van der Waals surface area (Å²) in [6, 6.07) is 0. The average molecular weight is 274 g/mol. The average Bonchev–Trinajstić information content (AvgIpc) is 3.07. The van der Waals surface area contributed by atoms with Crippen LogP contribution in [0.5, 0.6) is 0 Å². The lowest BCUT2D eigenvalue weighted by Gasteiger charge is -2.31. The van der Waals surface area contributed by atoms with Crippen molar-refractivity contribution >= 4 is 15.7 Å². The molecular weight excluding hydrogens is 252 g/mol. The molecule has 0 spiro atoms. The van der Waals surface area contributed by atoms with E-state index in [1.165, 1.54) is 12.8 Å². The van der Waals surface area contributed by atoms with E-state index in [1.54, 1.807) is 11.8 Å². The molecule has 1 aliphatic carbocycles. The number of hydrogen-bond acceptors (Lipinski definition) is 4. The van der Waals surface area contributed by atoms with E-state index in [0.717, 1.165) is 6.54 Å². The molecule has 18 heavy (non-hydrogen) atoms. The molecule has 1 aliphatic heterocycles. The first-order valence-electron chi connectivity index (χ1n) is 6.56. The SMILES string of the molecule is CC1CN(CC(=O)N(C)CC2CC2)CCS1(=O)=O. The molecule has 1 saturated heterocycles. The Morgan fingerprint density at radius 3 is 2.61 bits per heavy atom. The molecule has 2 aliphatic rings. The molecule has 0 aromatic heterocycles. The van der Waals surface area contributed by atoms with Gasteiger partial charge in [0.25, 0.3) is 0 Å². The Kier molecular flexibility index (Phi) is 3.96. The van der Waals surface area contributed by atoms with Gasteiger partial charge in [-0.3, -0.25) is 9.69 Å². The molecule has 2 fully saturated rings. The summed E-state index contributed by atoms with van der Waals surface area (Å²) in [6.45, 7) is 3.88. The Bertz CT molecular complexity index is 417. The van der Waals surface area contributed by atoms with Crippen LogP contribution in [0.15, 0.2) is 0 Å². The first-order valence-corrected chi connectivity index (χ1v) is 8.28. The largest absolute Gasteiger partial charge is 0.344 e. The maximum Gasteiger partial charge on any atom is 0.236 e. The van der Waals surface area contributed by atoms with Gasteiger partial charge in [0.1, 0.15) is 0 Å². The quantitative estimate of drug-likeness (QED) is 0.722. The Labute approximate surface area is 109 Å². The first kappa shape index (κ1) is 13.8. The minimum atomic E-state index is -2.93. The molecule has 6 heteroatoms. The topological polar surface area (TPSA) is 57.7 Å². The maximum atomic E-state index is 12.0. The molecule has 1 unspecified atom stereocenters. The van der Waals surface area contributed by atoms with Crippen LogP contribution in [0.2, 0.25) is 0 Å². The molecule has 1 heterocycles. The number of carbonyl (C=O) groups is 1. The van der Waals surface area contributed by atoms with E-state index >= 15 is 0 Å². The summed E-state index contributed by atoms with van der Waals surface area (Å²) in [7, 11) is -1.09. The van der Waals surface area contributed by atoms with Gasteiger partial charge in [-0.25, -0.2) is 8.42 Å². The molecule has 0 radical (unpaired) electrons. The third kappa shape index (κ3) is 3.45. The third-order valence-corrected chi connectivity index (χ3v) is 5.96. The normalized spacial score (nSPS) is 28.0. The zero-order chi connectivity index (χ0) is 13.3. The molecular formula is C12H22N2O3S. The Morgan fingerprint density at radius 1 is 1.39 bits per heavy atom. The van der Waals surface area contributed by atoms with Gasteiger partial charge in [-0.05, 0) is 25.7 Å². The van der Waals surface area contributed by atoms with Gasteiger partial charge in [0.05, 0.1) is 17.5 Å².